The summed E-state index contributed by atoms with van der Waals surface area (Å²) in [5.74, 6) is -1.19. The minimum absolute atomic E-state index is 0.0289. The molecule has 0 saturated carbocycles. The Balaban J connectivity index is 1.93. The molecule has 0 fully saturated rings. The zero-order chi connectivity index (χ0) is 20.9. The average molecular weight is 395 g/mol. The normalized spacial score (nSPS) is 10.9. The SMILES string of the molecule is [N-]=[N+]=CC(=O)CCC(NC(=O)OCc1ccccc1)C(=O)OCc1ccccc1. The number of esters is 1. The lowest BCUT2D eigenvalue weighted by Crippen LogP contribution is -2.42. The van der Waals surface area contributed by atoms with Crippen molar-refractivity contribution in [2.45, 2.75) is 32.1 Å². The summed E-state index contributed by atoms with van der Waals surface area (Å²) in [7, 11) is 0. The van der Waals surface area contributed by atoms with Gasteiger partial charge in [0.15, 0.2) is 0 Å². The number of ketones is 1. The van der Waals surface area contributed by atoms with E-state index in [-0.39, 0.29) is 26.1 Å². The standard InChI is InChI=1S/C21H21N3O5/c22-23-13-18(25)11-12-19(20(26)28-14-16-7-3-1-4-8-16)24-21(27)29-15-17-9-5-2-6-10-17/h1-10,13,19H,11-12,14-15H2,(H,24,27). The first-order valence-corrected chi connectivity index (χ1v) is 8.96. The summed E-state index contributed by atoms with van der Waals surface area (Å²) in [6.07, 6.45) is -0.216. The van der Waals surface area contributed by atoms with Gasteiger partial charge in [0.2, 0.25) is 5.78 Å². The van der Waals surface area contributed by atoms with Crippen LogP contribution < -0.4 is 5.32 Å². The van der Waals surface area contributed by atoms with E-state index in [9.17, 15) is 14.4 Å². The van der Waals surface area contributed by atoms with Crippen LogP contribution in [0.2, 0.25) is 0 Å². The summed E-state index contributed by atoms with van der Waals surface area (Å²) in [5, 5.41) is 2.43. The molecule has 150 valence electrons. The van der Waals surface area contributed by atoms with E-state index in [0.717, 1.165) is 17.3 Å². The molecule has 8 heteroatoms. The third-order valence-corrected chi connectivity index (χ3v) is 3.89. The molecule has 0 radical (unpaired) electrons. The van der Waals surface area contributed by atoms with Gasteiger partial charge < -0.3 is 20.3 Å². The van der Waals surface area contributed by atoms with Crippen LogP contribution in [0, 0.1) is 0 Å². The van der Waals surface area contributed by atoms with Crippen molar-refractivity contribution < 1.29 is 28.6 Å². The van der Waals surface area contributed by atoms with Crippen LogP contribution in [0.4, 0.5) is 4.79 Å². The summed E-state index contributed by atoms with van der Waals surface area (Å²) < 4.78 is 10.4. The smallest absolute Gasteiger partial charge is 0.408 e. The number of hydrogen-bond donors (Lipinski definition) is 1. The van der Waals surface area contributed by atoms with Crippen molar-refractivity contribution in [3.8, 4) is 0 Å². The monoisotopic (exact) mass is 395 g/mol. The number of nitrogens with zero attached hydrogens (tertiary/aromatic N) is 2. The minimum atomic E-state index is -1.09. The van der Waals surface area contributed by atoms with E-state index in [1.54, 1.807) is 24.3 Å². The molecule has 1 unspecified atom stereocenters. The highest BCUT2D eigenvalue weighted by Gasteiger charge is 2.24. The summed E-state index contributed by atoms with van der Waals surface area (Å²) >= 11 is 0. The Morgan fingerprint density at radius 3 is 2.03 bits per heavy atom. The molecule has 1 amide bonds. The first kappa shape index (κ1) is 21.5. The zero-order valence-corrected chi connectivity index (χ0v) is 15.7. The van der Waals surface area contributed by atoms with Crippen LogP contribution in [0.5, 0.6) is 0 Å². The van der Waals surface area contributed by atoms with E-state index < -0.39 is 23.9 Å². The Hall–Kier alpha value is -3.77. The van der Waals surface area contributed by atoms with Gasteiger partial charge in [0.05, 0.1) is 0 Å². The molecule has 0 aliphatic rings. The number of hydrogen-bond acceptors (Lipinski definition) is 5. The van der Waals surface area contributed by atoms with Crippen LogP contribution in [0.1, 0.15) is 24.0 Å². The first-order chi connectivity index (χ1) is 14.1. The molecule has 2 aromatic rings. The third-order valence-electron chi connectivity index (χ3n) is 3.89. The van der Waals surface area contributed by atoms with E-state index in [2.05, 4.69) is 10.1 Å². The number of nitrogens with one attached hydrogen (secondary N) is 1. The van der Waals surface area contributed by atoms with Crippen LogP contribution in [0.25, 0.3) is 5.53 Å². The van der Waals surface area contributed by atoms with Gasteiger partial charge in [-0.1, -0.05) is 60.7 Å². The van der Waals surface area contributed by atoms with Gasteiger partial charge in [0.1, 0.15) is 19.3 Å². The largest absolute Gasteiger partial charge is 0.459 e. The number of carbonyl (C=O) groups is 3. The maximum atomic E-state index is 12.4. The molecule has 0 aliphatic carbocycles. The van der Waals surface area contributed by atoms with Crippen molar-refractivity contribution in [1.82, 2.24) is 5.32 Å². The van der Waals surface area contributed by atoms with Gasteiger partial charge in [-0.05, 0) is 17.5 Å². The Labute approximate surface area is 168 Å². The van der Waals surface area contributed by atoms with Crippen molar-refractivity contribution in [3.05, 3.63) is 77.3 Å². The van der Waals surface area contributed by atoms with Crippen LogP contribution in [-0.2, 0) is 32.3 Å². The molecular weight excluding hydrogens is 374 g/mol. The number of Topliss-reactive ketones (excluding diaryl/α,β-unsaturated/α-hetero) is 1. The lowest BCUT2D eigenvalue weighted by atomic mass is 10.1. The number of rotatable bonds is 10. The zero-order valence-electron chi connectivity index (χ0n) is 15.7. The maximum Gasteiger partial charge on any atom is 0.408 e. The molecule has 0 heterocycles. The molecule has 0 saturated heterocycles. The first-order valence-electron chi connectivity index (χ1n) is 8.96. The van der Waals surface area contributed by atoms with Gasteiger partial charge in [-0.3, -0.25) is 4.79 Å². The number of carbonyl (C=O) groups excluding carboxylic acids is 3. The molecule has 8 nitrogen and oxygen atoms in total. The fourth-order valence-electron chi connectivity index (χ4n) is 2.40. The number of alkyl carbamates (subject to hydrolysis) is 1. The predicted octanol–water partition coefficient (Wildman–Crippen LogP) is 2.67. The summed E-state index contributed by atoms with van der Waals surface area (Å²) in [4.78, 5) is 38.7. The molecule has 2 aromatic carbocycles. The Morgan fingerprint density at radius 1 is 0.931 bits per heavy atom. The minimum Gasteiger partial charge on any atom is -0.459 e. The van der Waals surface area contributed by atoms with Crippen LogP contribution in [-0.4, -0.2) is 34.9 Å². The van der Waals surface area contributed by atoms with E-state index in [0.29, 0.717) is 0 Å². The third kappa shape index (κ3) is 8.19. The molecule has 29 heavy (non-hydrogen) atoms. The topological polar surface area (TPSA) is 118 Å². The second-order valence-electron chi connectivity index (χ2n) is 6.10. The van der Waals surface area contributed by atoms with Gasteiger partial charge in [-0.2, -0.15) is 4.79 Å². The van der Waals surface area contributed by atoms with E-state index in [1.807, 2.05) is 36.4 Å². The van der Waals surface area contributed by atoms with Gasteiger partial charge in [0, 0.05) is 6.42 Å². The highest BCUT2D eigenvalue weighted by molar-refractivity contribution is 6.25. The van der Waals surface area contributed by atoms with Gasteiger partial charge >= 0.3 is 18.3 Å². The summed E-state index contributed by atoms with van der Waals surface area (Å²) in [6.45, 7) is 0.0670. The molecule has 0 aromatic heterocycles. The van der Waals surface area contributed by atoms with Crippen molar-refractivity contribution in [2.24, 2.45) is 0 Å². The van der Waals surface area contributed by atoms with Crippen molar-refractivity contribution in [3.63, 3.8) is 0 Å². The number of benzene rings is 2. The fraction of sp³-hybridized carbons (Fsp3) is 0.238. The quantitative estimate of drug-likeness (QED) is 0.287. The van der Waals surface area contributed by atoms with E-state index >= 15 is 0 Å². The molecule has 0 spiro atoms. The average Bonchev–Trinajstić information content (AvgIpc) is 2.75. The lowest BCUT2D eigenvalue weighted by molar-refractivity contribution is -0.147. The van der Waals surface area contributed by atoms with Gasteiger partial charge in [-0.15, -0.1) is 0 Å². The van der Waals surface area contributed by atoms with Gasteiger partial charge in [0.25, 0.3) is 0 Å². The molecule has 0 bridgehead atoms. The molecular formula is C21H21N3O5. The molecule has 0 aliphatic heterocycles. The number of amides is 1. The second kappa shape index (κ2) is 11.8. The van der Waals surface area contributed by atoms with Crippen molar-refractivity contribution in [2.75, 3.05) is 0 Å². The van der Waals surface area contributed by atoms with E-state index in [1.165, 1.54) is 0 Å². The van der Waals surface area contributed by atoms with Gasteiger partial charge in [-0.25, -0.2) is 9.59 Å². The number of ether oxygens (including phenoxy) is 2. The van der Waals surface area contributed by atoms with Crippen LogP contribution >= 0.6 is 0 Å². The molecule has 1 N–H and O–H groups in total. The highest BCUT2D eigenvalue weighted by Crippen LogP contribution is 2.07. The van der Waals surface area contributed by atoms with Crippen LogP contribution in [0.3, 0.4) is 0 Å². The Kier molecular flexibility index (Phi) is 8.79. The van der Waals surface area contributed by atoms with E-state index in [4.69, 9.17) is 15.0 Å². The summed E-state index contributed by atoms with van der Waals surface area (Å²) in [6, 6.07) is 17.0. The second-order valence-corrected chi connectivity index (χ2v) is 6.10. The predicted molar refractivity (Wildman–Crippen MR) is 104 cm³/mol. The summed E-state index contributed by atoms with van der Waals surface area (Å²) in [5.41, 5.74) is 9.99. The lowest BCUT2D eigenvalue weighted by Gasteiger charge is -2.17. The van der Waals surface area contributed by atoms with Crippen LogP contribution in [0.15, 0.2) is 60.7 Å². The Bertz CT molecular complexity index is 864. The molecule has 2 rings (SSSR count). The van der Waals surface area contributed by atoms with Crippen molar-refractivity contribution >= 4 is 24.1 Å². The van der Waals surface area contributed by atoms with Crippen molar-refractivity contribution in [1.29, 1.82) is 0 Å². The fourth-order valence-corrected chi connectivity index (χ4v) is 2.40. The maximum absolute atomic E-state index is 12.4. The highest BCUT2D eigenvalue weighted by atomic mass is 16.6. The Morgan fingerprint density at radius 2 is 1.48 bits per heavy atom. The molecule has 1 atom stereocenters.